The number of carbonyl (C=O) groups excluding carboxylic acids is 1. The van der Waals surface area contributed by atoms with Crippen LogP contribution in [0, 0.1) is 5.92 Å². The highest BCUT2D eigenvalue weighted by Crippen LogP contribution is 2.23. The van der Waals surface area contributed by atoms with Crippen molar-refractivity contribution in [3.63, 3.8) is 0 Å². The zero-order chi connectivity index (χ0) is 21.1. The van der Waals surface area contributed by atoms with Crippen LogP contribution >= 0.6 is 0 Å². The van der Waals surface area contributed by atoms with Crippen molar-refractivity contribution in [1.29, 1.82) is 0 Å². The Labute approximate surface area is 175 Å². The lowest BCUT2D eigenvalue weighted by molar-refractivity contribution is 0.0929. The molecule has 4 aromatic rings. The maximum absolute atomic E-state index is 13.2. The van der Waals surface area contributed by atoms with Crippen molar-refractivity contribution in [3.8, 4) is 0 Å². The van der Waals surface area contributed by atoms with Crippen LogP contribution in [0.25, 0.3) is 16.6 Å². The molecular weight excluding hydrogens is 378 g/mol. The molecular formula is C23H27N5O2. The average Bonchev–Trinajstić information content (AvgIpc) is 3.35. The number of hydrogen-bond acceptors (Lipinski definition) is 4. The van der Waals surface area contributed by atoms with Crippen LogP contribution < -0.4 is 5.32 Å². The molecule has 7 nitrogen and oxygen atoms in total. The molecule has 0 aliphatic heterocycles. The highest BCUT2D eigenvalue weighted by atomic mass is 16.5. The third-order valence-corrected chi connectivity index (χ3v) is 5.24. The fraction of sp³-hybridized carbons (Fsp3) is 0.348. The zero-order valence-electron chi connectivity index (χ0n) is 17.6. The van der Waals surface area contributed by atoms with Crippen LogP contribution in [-0.2, 0) is 11.3 Å². The number of hydrogen-bond donors (Lipinski definition) is 1. The van der Waals surface area contributed by atoms with Crippen LogP contribution in [0.15, 0.2) is 54.9 Å². The van der Waals surface area contributed by atoms with Gasteiger partial charge in [0.25, 0.3) is 5.91 Å². The van der Waals surface area contributed by atoms with E-state index >= 15 is 0 Å². The first kappa shape index (κ1) is 20.1. The van der Waals surface area contributed by atoms with E-state index in [1.165, 1.54) is 0 Å². The molecule has 1 N–H and O–H groups in total. The Morgan fingerprint density at radius 2 is 2.00 bits per heavy atom. The van der Waals surface area contributed by atoms with E-state index in [9.17, 15) is 4.79 Å². The molecule has 156 valence electrons. The van der Waals surface area contributed by atoms with Gasteiger partial charge < -0.3 is 14.6 Å². The summed E-state index contributed by atoms with van der Waals surface area (Å²) in [5, 5.41) is 12.9. The standard InChI is InChI=1S/C23H27N5O2/c1-16(2)14-19(22-26-25-21-6-4-5-10-28(21)22)24-23(29)18-8-7-17-9-11-27(12-13-30-3)20(17)15-18/h4-11,15-16,19H,12-14H2,1-3H3,(H,24,29). The molecule has 3 aromatic heterocycles. The third-order valence-electron chi connectivity index (χ3n) is 5.24. The molecule has 0 aliphatic carbocycles. The molecule has 1 aromatic carbocycles. The lowest BCUT2D eigenvalue weighted by Crippen LogP contribution is -2.31. The van der Waals surface area contributed by atoms with E-state index in [0.29, 0.717) is 18.1 Å². The number of carbonyl (C=O) groups is 1. The van der Waals surface area contributed by atoms with Gasteiger partial charge in [-0.3, -0.25) is 9.20 Å². The second-order valence-electron chi connectivity index (χ2n) is 7.92. The number of nitrogens with one attached hydrogen (secondary N) is 1. The number of amides is 1. The number of benzene rings is 1. The van der Waals surface area contributed by atoms with Crippen molar-refractivity contribution >= 4 is 22.5 Å². The molecule has 0 aliphatic rings. The SMILES string of the molecule is COCCn1ccc2ccc(C(=O)NC(CC(C)C)c3nnc4ccccn34)cc21. The lowest BCUT2D eigenvalue weighted by Gasteiger charge is -2.19. The quantitative estimate of drug-likeness (QED) is 0.483. The second-order valence-corrected chi connectivity index (χ2v) is 7.92. The summed E-state index contributed by atoms with van der Waals surface area (Å²) < 4.78 is 9.23. The number of aromatic nitrogens is 4. The highest BCUT2D eigenvalue weighted by Gasteiger charge is 2.22. The van der Waals surface area contributed by atoms with Gasteiger partial charge in [-0.25, -0.2) is 0 Å². The Kier molecular flexibility index (Phi) is 5.81. The predicted octanol–water partition coefficient (Wildman–Crippen LogP) is 3.85. The summed E-state index contributed by atoms with van der Waals surface area (Å²) in [7, 11) is 1.69. The smallest absolute Gasteiger partial charge is 0.251 e. The Bertz CT molecular complexity index is 1160. The average molecular weight is 406 g/mol. The van der Waals surface area contributed by atoms with Crippen molar-refractivity contribution in [2.75, 3.05) is 13.7 Å². The van der Waals surface area contributed by atoms with Gasteiger partial charge in [0.05, 0.1) is 12.6 Å². The normalized spacial score (nSPS) is 12.7. The summed E-state index contributed by atoms with van der Waals surface area (Å²) in [6.07, 6.45) is 4.72. The molecule has 0 saturated heterocycles. The molecule has 0 radical (unpaired) electrons. The van der Waals surface area contributed by atoms with E-state index in [-0.39, 0.29) is 11.9 Å². The first-order valence-corrected chi connectivity index (χ1v) is 10.2. The van der Waals surface area contributed by atoms with Crippen molar-refractivity contribution in [1.82, 2.24) is 24.5 Å². The maximum atomic E-state index is 13.2. The lowest BCUT2D eigenvalue weighted by atomic mass is 10.0. The number of rotatable bonds is 8. The molecule has 1 unspecified atom stereocenters. The first-order chi connectivity index (χ1) is 14.6. The minimum Gasteiger partial charge on any atom is -0.383 e. The molecule has 0 spiro atoms. The molecule has 7 heteroatoms. The van der Waals surface area contributed by atoms with E-state index in [1.54, 1.807) is 7.11 Å². The molecule has 30 heavy (non-hydrogen) atoms. The number of fused-ring (bicyclic) bond motifs is 2. The molecule has 1 atom stereocenters. The van der Waals surface area contributed by atoms with E-state index in [2.05, 4.69) is 40.0 Å². The van der Waals surface area contributed by atoms with Crippen LogP contribution in [0.4, 0.5) is 0 Å². The molecule has 0 fully saturated rings. The predicted molar refractivity (Wildman–Crippen MR) is 116 cm³/mol. The summed E-state index contributed by atoms with van der Waals surface area (Å²) in [5.74, 6) is 1.02. The number of nitrogens with zero attached hydrogens (tertiary/aromatic N) is 4. The summed E-state index contributed by atoms with van der Waals surface area (Å²) in [5.41, 5.74) is 2.42. The monoisotopic (exact) mass is 405 g/mol. The summed E-state index contributed by atoms with van der Waals surface area (Å²) in [4.78, 5) is 13.2. The van der Waals surface area contributed by atoms with Crippen molar-refractivity contribution in [3.05, 3.63) is 66.2 Å². The van der Waals surface area contributed by atoms with Crippen LogP contribution in [0.3, 0.4) is 0 Å². The van der Waals surface area contributed by atoms with Gasteiger partial charge in [-0.1, -0.05) is 26.0 Å². The fourth-order valence-corrected chi connectivity index (χ4v) is 3.75. The fourth-order valence-electron chi connectivity index (χ4n) is 3.75. The molecule has 4 rings (SSSR count). The van der Waals surface area contributed by atoms with Crippen LogP contribution in [-0.4, -0.2) is 38.8 Å². The minimum absolute atomic E-state index is 0.116. The van der Waals surface area contributed by atoms with Gasteiger partial charge in [0, 0.05) is 37.1 Å². The van der Waals surface area contributed by atoms with E-state index in [1.807, 2.05) is 53.2 Å². The Balaban J connectivity index is 1.62. The van der Waals surface area contributed by atoms with Gasteiger partial charge >= 0.3 is 0 Å². The van der Waals surface area contributed by atoms with E-state index < -0.39 is 0 Å². The number of pyridine rings is 1. The summed E-state index contributed by atoms with van der Waals surface area (Å²) in [6.45, 7) is 5.64. The van der Waals surface area contributed by atoms with Gasteiger partial charge in [-0.15, -0.1) is 10.2 Å². The second kappa shape index (κ2) is 8.67. The van der Waals surface area contributed by atoms with Crippen molar-refractivity contribution in [2.24, 2.45) is 5.92 Å². The van der Waals surface area contributed by atoms with E-state index in [4.69, 9.17) is 4.74 Å². The van der Waals surface area contributed by atoms with Gasteiger partial charge in [-0.2, -0.15) is 0 Å². The number of methoxy groups -OCH3 is 1. The minimum atomic E-state index is -0.231. The topological polar surface area (TPSA) is 73.4 Å². The highest BCUT2D eigenvalue weighted by molar-refractivity contribution is 5.98. The van der Waals surface area contributed by atoms with E-state index in [0.717, 1.165) is 35.3 Å². The maximum Gasteiger partial charge on any atom is 0.251 e. The van der Waals surface area contributed by atoms with Crippen LogP contribution in [0.5, 0.6) is 0 Å². The summed E-state index contributed by atoms with van der Waals surface area (Å²) in [6, 6.07) is 13.4. The Morgan fingerprint density at radius 3 is 2.80 bits per heavy atom. The zero-order valence-corrected chi connectivity index (χ0v) is 17.6. The van der Waals surface area contributed by atoms with Crippen LogP contribution in [0.2, 0.25) is 0 Å². The molecule has 3 heterocycles. The largest absolute Gasteiger partial charge is 0.383 e. The molecule has 0 bridgehead atoms. The van der Waals surface area contributed by atoms with Crippen LogP contribution in [0.1, 0.15) is 42.5 Å². The Hall–Kier alpha value is -3.19. The van der Waals surface area contributed by atoms with Gasteiger partial charge in [0.15, 0.2) is 11.5 Å². The molecule has 0 saturated carbocycles. The number of ether oxygens (including phenoxy) is 1. The first-order valence-electron chi connectivity index (χ1n) is 10.2. The van der Waals surface area contributed by atoms with Gasteiger partial charge in [0.2, 0.25) is 0 Å². The van der Waals surface area contributed by atoms with Crippen molar-refractivity contribution in [2.45, 2.75) is 32.9 Å². The van der Waals surface area contributed by atoms with Gasteiger partial charge in [-0.05, 0) is 48.1 Å². The third kappa shape index (κ3) is 4.07. The summed E-state index contributed by atoms with van der Waals surface area (Å²) >= 11 is 0. The Morgan fingerprint density at radius 1 is 1.13 bits per heavy atom. The van der Waals surface area contributed by atoms with Gasteiger partial charge in [0.1, 0.15) is 0 Å². The molecule has 1 amide bonds. The van der Waals surface area contributed by atoms with Crippen molar-refractivity contribution < 1.29 is 9.53 Å².